The number of benzene rings is 1. The zero-order chi connectivity index (χ0) is 13.7. The third-order valence-electron chi connectivity index (χ3n) is 3.76. The molecule has 0 bridgehead atoms. The standard InChI is InChI=1S/C15H22N2O2.ClH/c1-16-10-7-14(18)17-11-15(8-9-15)12-5-3-4-6-13(12)19-2;/h3-6,16H,7-11H2,1-2H3,(H,17,18);1H. The molecule has 5 heteroatoms. The number of amides is 1. The quantitative estimate of drug-likeness (QED) is 0.808. The summed E-state index contributed by atoms with van der Waals surface area (Å²) in [6.07, 6.45) is 2.75. The van der Waals surface area contributed by atoms with Crippen LogP contribution in [-0.2, 0) is 10.2 Å². The van der Waals surface area contributed by atoms with Gasteiger partial charge in [0.25, 0.3) is 0 Å². The lowest BCUT2D eigenvalue weighted by Gasteiger charge is -2.19. The van der Waals surface area contributed by atoms with Gasteiger partial charge in [-0.25, -0.2) is 0 Å². The summed E-state index contributed by atoms with van der Waals surface area (Å²) in [4.78, 5) is 11.7. The Labute approximate surface area is 126 Å². The van der Waals surface area contributed by atoms with E-state index >= 15 is 0 Å². The zero-order valence-electron chi connectivity index (χ0n) is 12.1. The highest BCUT2D eigenvalue weighted by atomic mass is 35.5. The number of hydrogen-bond acceptors (Lipinski definition) is 3. The van der Waals surface area contributed by atoms with Gasteiger partial charge < -0.3 is 15.4 Å². The second-order valence-electron chi connectivity index (χ2n) is 5.11. The second kappa shape index (κ2) is 7.50. The molecule has 112 valence electrons. The summed E-state index contributed by atoms with van der Waals surface area (Å²) >= 11 is 0. The summed E-state index contributed by atoms with van der Waals surface area (Å²) in [5.41, 5.74) is 1.30. The Morgan fingerprint density at radius 3 is 2.65 bits per heavy atom. The molecule has 0 saturated heterocycles. The van der Waals surface area contributed by atoms with E-state index in [-0.39, 0.29) is 23.7 Å². The van der Waals surface area contributed by atoms with Crippen molar-refractivity contribution in [2.24, 2.45) is 0 Å². The Morgan fingerprint density at radius 2 is 2.05 bits per heavy atom. The first-order valence-electron chi connectivity index (χ1n) is 6.77. The maximum atomic E-state index is 11.7. The maximum Gasteiger partial charge on any atom is 0.221 e. The molecule has 0 heterocycles. The van der Waals surface area contributed by atoms with E-state index in [1.165, 1.54) is 5.56 Å². The van der Waals surface area contributed by atoms with Gasteiger partial charge in [-0.1, -0.05) is 18.2 Å². The Bertz CT molecular complexity index is 447. The predicted molar refractivity (Wildman–Crippen MR) is 82.7 cm³/mol. The average molecular weight is 299 g/mol. The van der Waals surface area contributed by atoms with Gasteiger partial charge in [0.05, 0.1) is 7.11 Å². The fourth-order valence-corrected chi connectivity index (χ4v) is 2.37. The van der Waals surface area contributed by atoms with Gasteiger partial charge in [-0.3, -0.25) is 4.79 Å². The molecular weight excluding hydrogens is 276 g/mol. The van der Waals surface area contributed by atoms with Crippen LogP contribution in [0, 0.1) is 0 Å². The minimum absolute atomic E-state index is 0. The van der Waals surface area contributed by atoms with E-state index in [0.717, 1.165) is 18.6 Å². The van der Waals surface area contributed by atoms with Crippen LogP contribution in [0.3, 0.4) is 0 Å². The summed E-state index contributed by atoms with van der Waals surface area (Å²) in [5, 5.41) is 6.02. The lowest BCUT2D eigenvalue weighted by Crippen LogP contribution is -2.33. The van der Waals surface area contributed by atoms with Crippen molar-refractivity contribution in [2.75, 3.05) is 27.2 Å². The van der Waals surface area contributed by atoms with Gasteiger partial charge in [-0.2, -0.15) is 0 Å². The van der Waals surface area contributed by atoms with Gasteiger partial charge >= 0.3 is 0 Å². The summed E-state index contributed by atoms with van der Waals surface area (Å²) < 4.78 is 5.42. The van der Waals surface area contributed by atoms with E-state index in [0.29, 0.717) is 19.5 Å². The number of ether oxygens (including phenoxy) is 1. The SMILES string of the molecule is CNCCC(=O)NCC1(c2ccccc2OC)CC1.Cl. The molecule has 1 saturated carbocycles. The Morgan fingerprint density at radius 1 is 1.35 bits per heavy atom. The van der Waals surface area contributed by atoms with Crippen molar-refractivity contribution < 1.29 is 9.53 Å². The van der Waals surface area contributed by atoms with Crippen LogP contribution in [0.15, 0.2) is 24.3 Å². The predicted octanol–water partition coefficient (Wildman–Crippen LogP) is 1.87. The number of rotatable bonds is 7. The van der Waals surface area contributed by atoms with E-state index in [1.54, 1.807) is 7.11 Å². The molecule has 20 heavy (non-hydrogen) atoms. The number of nitrogens with one attached hydrogen (secondary N) is 2. The van der Waals surface area contributed by atoms with Gasteiger partial charge in [-0.05, 0) is 26.0 Å². The number of carbonyl (C=O) groups is 1. The molecular formula is C15H23ClN2O2. The Balaban J connectivity index is 0.00000200. The van der Waals surface area contributed by atoms with Crippen molar-refractivity contribution in [3.8, 4) is 5.75 Å². The number of halogens is 1. The molecule has 4 nitrogen and oxygen atoms in total. The van der Waals surface area contributed by atoms with Crippen LogP contribution in [0.1, 0.15) is 24.8 Å². The zero-order valence-corrected chi connectivity index (χ0v) is 12.9. The smallest absolute Gasteiger partial charge is 0.221 e. The maximum absolute atomic E-state index is 11.7. The first-order valence-corrected chi connectivity index (χ1v) is 6.77. The van der Waals surface area contributed by atoms with E-state index in [2.05, 4.69) is 16.7 Å². The number of carbonyl (C=O) groups excluding carboxylic acids is 1. The second-order valence-corrected chi connectivity index (χ2v) is 5.11. The molecule has 2 N–H and O–H groups in total. The lowest BCUT2D eigenvalue weighted by molar-refractivity contribution is -0.121. The van der Waals surface area contributed by atoms with E-state index < -0.39 is 0 Å². The van der Waals surface area contributed by atoms with Crippen LogP contribution < -0.4 is 15.4 Å². The minimum Gasteiger partial charge on any atom is -0.496 e. The summed E-state index contributed by atoms with van der Waals surface area (Å²) in [6, 6.07) is 8.09. The summed E-state index contributed by atoms with van der Waals surface area (Å²) in [7, 11) is 3.55. The van der Waals surface area contributed by atoms with Crippen molar-refractivity contribution in [1.82, 2.24) is 10.6 Å². The van der Waals surface area contributed by atoms with Crippen molar-refractivity contribution >= 4 is 18.3 Å². The number of hydrogen-bond donors (Lipinski definition) is 2. The Hall–Kier alpha value is -1.26. The first-order chi connectivity index (χ1) is 9.22. The van der Waals surface area contributed by atoms with E-state index in [9.17, 15) is 4.79 Å². The van der Waals surface area contributed by atoms with Crippen LogP contribution in [0.25, 0.3) is 0 Å². The minimum atomic E-state index is 0. The molecule has 0 aliphatic heterocycles. The first kappa shape index (κ1) is 16.8. The van der Waals surface area contributed by atoms with Gasteiger partial charge in [-0.15, -0.1) is 12.4 Å². The molecule has 0 atom stereocenters. The number of methoxy groups -OCH3 is 1. The molecule has 1 aliphatic rings. The van der Waals surface area contributed by atoms with Crippen molar-refractivity contribution in [3.63, 3.8) is 0 Å². The summed E-state index contributed by atoms with van der Waals surface area (Å²) in [5.74, 6) is 1.03. The van der Waals surface area contributed by atoms with E-state index in [4.69, 9.17) is 4.74 Å². The van der Waals surface area contributed by atoms with E-state index in [1.807, 2.05) is 25.2 Å². The van der Waals surface area contributed by atoms with Gasteiger partial charge in [0.15, 0.2) is 0 Å². The fraction of sp³-hybridized carbons (Fsp3) is 0.533. The fourth-order valence-electron chi connectivity index (χ4n) is 2.37. The van der Waals surface area contributed by atoms with Gasteiger partial charge in [0, 0.05) is 30.5 Å². The molecule has 0 spiro atoms. The van der Waals surface area contributed by atoms with Crippen LogP contribution in [0.4, 0.5) is 0 Å². The van der Waals surface area contributed by atoms with Crippen LogP contribution >= 0.6 is 12.4 Å². The molecule has 1 amide bonds. The Kier molecular flexibility index (Phi) is 6.30. The van der Waals surface area contributed by atoms with Gasteiger partial charge in [0.2, 0.25) is 5.91 Å². The van der Waals surface area contributed by atoms with Crippen molar-refractivity contribution in [3.05, 3.63) is 29.8 Å². The molecule has 0 aromatic heterocycles. The van der Waals surface area contributed by atoms with Crippen LogP contribution in [-0.4, -0.2) is 33.2 Å². The highest BCUT2D eigenvalue weighted by molar-refractivity contribution is 5.85. The normalized spacial score (nSPS) is 15.1. The number of para-hydroxylation sites is 1. The van der Waals surface area contributed by atoms with Gasteiger partial charge in [0.1, 0.15) is 5.75 Å². The lowest BCUT2D eigenvalue weighted by atomic mass is 9.95. The molecule has 1 fully saturated rings. The topological polar surface area (TPSA) is 50.4 Å². The highest BCUT2D eigenvalue weighted by Crippen LogP contribution is 2.50. The highest BCUT2D eigenvalue weighted by Gasteiger charge is 2.46. The molecule has 1 aromatic rings. The van der Waals surface area contributed by atoms with Crippen LogP contribution in [0.5, 0.6) is 5.75 Å². The third kappa shape index (κ3) is 3.87. The van der Waals surface area contributed by atoms with Crippen molar-refractivity contribution in [1.29, 1.82) is 0 Å². The average Bonchev–Trinajstić information content (AvgIpc) is 3.24. The molecule has 0 radical (unpaired) electrons. The third-order valence-corrected chi connectivity index (χ3v) is 3.76. The largest absolute Gasteiger partial charge is 0.496 e. The molecule has 2 rings (SSSR count). The molecule has 1 aromatic carbocycles. The molecule has 1 aliphatic carbocycles. The van der Waals surface area contributed by atoms with Crippen molar-refractivity contribution in [2.45, 2.75) is 24.7 Å². The monoisotopic (exact) mass is 298 g/mol. The summed E-state index contributed by atoms with van der Waals surface area (Å²) in [6.45, 7) is 1.42. The molecule has 0 unspecified atom stereocenters. The van der Waals surface area contributed by atoms with Crippen LogP contribution in [0.2, 0.25) is 0 Å².